The van der Waals surface area contributed by atoms with E-state index < -0.39 is 0 Å². The second kappa shape index (κ2) is 12.9. The zero-order valence-electron chi connectivity index (χ0n) is 33.6. The molecule has 0 amide bonds. The number of para-hydroxylation sites is 2. The van der Waals surface area contributed by atoms with E-state index in [1.807, 2.05) is 60.7 Å². The van der Waals surface area contributed by atoms with E-state index in [9.17, 15) is 0 Å². The Balaban J connectivity index is 1.03. The Morgan fingerprint density at radius 1 is 0.317 bits per heavy atom. The second-order valence-corrected chi connectivity index (χ2v) is 16.4. The average Bonchev–Trinajstić information content (AvgIpc) is 4.01. The van der Waals surface area contributed by atoms with Gasteiger partial charge in [-0.3, -0.25) is 0 Å². The van der Waals surface area contributed by atoms with Crippen LogP contribution in [0.4, 0.5) is 0 Å². The van der Waals surface area contributed by atoms with Crippen LogP contribution in [0.5, 0.6) is 0 Å². The highest BCUT2D eigenvalue weighted by Crippen LogP contribution is 2.44. The third kappa shape index (κ3) is 5.09. The number of hydrogen-bond acceptors (Lipinski definition) is 5. The van der Waals surface area contributed by atoms with Gasteiger partial charge in [0.25, 0.3) is 0 Å². The van der Waals surface area contributed by atoms with Gasteiger partial charge in [-0.05, 0) is 76.1 Å². The van der Waals surface area contributed by atoms with E-state index in [0.29, 0.717) is 17.5 Å². The van der Waals surface area contributed by atoms with Crippen LogP contribution < -0.4 is 0 Å². The van der Waals surface area contributed by atoms with Gasteiger partial charge in [0.05, 0.1) is 22.3 Å². The van der Waals surface area contributed by atoms with E-state index in [4.69, 9.17) is 23.8 Å². The van der Waals surface area contributed by atoms with Gasteiger partial charge in [0, 0.05) is 54.2 Å². The van der Waals surface area contributed by atoms with Crippen molar-refractivity contribution in [1.82, 2.24) is 19.5 Å². The van der Waals surface area contributed by atoms with Crippen LogP contribution in [0.2, 0.25) is 0 Å². The molecule has 0 radical (unpaired) electrons. The van der Waals surface area contributed by atoms with Gasteiger partial charge >= 0.3 is 0 Å². The Labute approximate surface area is 358 Å². The van der Waals surface area contributed by atoms with E-state index in [-0.39, 0.29) is 0 Å². The molecule has 0 atom stereocenters. The van der Waals surface area contributed by atoms with E-state index in [0.717, 1.165) is 88.1 Å². The fourth-order valence-electron chi connectivity index (χ4n) is 9.82. The fraction of sp³-hybridized carbons (Fsp3) is 0. The normalized spacial score (nSPS) is 12.1. The molecule has 6 nitrogen and oxygen atoms in total. The van der Waals surface area contributed by atoms with E-state index >= 15 is 0 Å². The van der Waals surface area contributed by atoms with Crippen molar-refractivity contribution >= 4 is 98.0 Å². The fourth-order valence-corrected chi connectivity index (χ4v) is 9.82. The first kappa shape index (κ1) is 34.1. The SMILES string of the molecule is c1ccc(-c2nc(-c3ccc4c(c3)oc3ccccc34)nc(-c3cccc4c3oc3c5ccccc5c(-n5c6cc7ccccc7cc6c6cc7ccccc7cc65)cc43)n2)cc1. The van der Waals surface area contributed by atoms with Crippen molar-refractivity contribution in [2.45, 2.75) is 0 Å². The molecule has 0 aliphatic carbocycles. The average molecular weight is 805 g/mol. The van der Waals surface area contributed by atoms with Crippen molar-refractivity contribution < 1.29 is 8.83 Å². The minimum atomic E-state index is 0.527. The predicted octanol–water partition coefficient (Wildman–Crippen LogP) is 15.2. The molecule has 0 unspecified atom stereocenters. The molecule has 14 rings (SSSR count). The molecule has 0 saturated heterocycles. The number of hydrogen-bond donors (Lipinski definition) is 0. The van der Waals surface area contributed by atoms with Gasteiger partial charge in [0.1, 0.15) is 22.3 Å². The minimum Gasteiger partial charge on any atom is -0.456 e. The Morgan fingerprint density at radius 3 is 1.60 bits per heavy atom. The summed E-state index contributed by atoms with van der Waals surface area (Å²) in [5.74, 6) is 1.65. The minimum absolute atomic E-state index is 0.527. The zero-order chi connectivity index (χ0) is 41.2. The topological polar surface area (TPSA) is 69.9 Å². The van der Waals surface area contributed by atoms with Gasteiger partial charge < -0.3 is 13.4 Å². The lowest BCUT2D eigenvalue weighted by atomic mass is 10.0. The highest BCUT2D eigenvalue weighted by atomic mass is 16.3. The number of furan rings is 2. The molecule has 0 N–H and O–H groups in total. The first-order valence-corrected chi connectivity index (χ1v) is 21.2. The van der Waals surface area contributed by atoms with Crippen molar-refractivity contribution in [3.63, 3.8) is 0 Å². The van der Waals surface area contributed by atoms with Crippen LogP contribution in [0, 0.1) is 0 Å². The third-order valence-electron chi connectivity index (χ3n) is 12.8. The quantitative estimate of drug-likeness (QED) is 0.177. The molecule has 292 valence electrons. The van der Waals surface area contributed by atoms with E-state index in [2.05, 4.69) is 138 Å². The number of rotatable bonds is 4. The van der Waals surface area contributed by atoms with Gasteiger partial charge in [0.15, 0.2) is 17.5 Å². The summed E-state index contributed by atoms with van der Waals surface area (Å²) in [5, 5.41) is 13.5. The van der Waals surface area contributed by atoms with Crippen LogP contribution >= 0.6 is 0 Å². The van der Waals surface area contributed by atoms with Crippen LogP contribution in [-0.4, -0.2) is 19.5 Å². The summed E-state index contributed by atoms with van der Waals surface area (Å²) in [5.41, 5.74) is 9.09. The lowest BCUT2D eigenvalue weighted by Gasteiger charge is -2.13. The molecule has 10 aromatic carbocycles. The van der Waals surface area contributed by atoms with Crippen LogP contribution in [0.3, 0.4) is 0 Å². The molecule has 6 heteroatoms. The highest BCUT2D eigenvalue weighted by Gasteiger charge is 2.23. The van der Waals surface area contributed by atoms with Crippen molar-refractivity contribution in [2.24, 2.45) is 0 Å². The van der Waals surface area contributed by atoms with Gasteiger partial charge in [-0.25, -0.2) is 15.0 Å². The maximum atomic E-state index is 7.07. The van der Waals surface area contributed by atoms with Crippen LogP contribution in [0.15, 0.2) is 203 Å². The molecule has 0 spiro atoms. The van der Waals surface area contributed by atoms with Gasteiger partial charge in [-0.1, -0.05) is 140 Å². The van der Waals surface area contributed by atoms with Gasteiger partial charge in [0.2, 0.25) is 0 Å². The van der Waals surface area contributed by atoms with Gasteiger partial charge in [-0.2, -0.15) is 0 Å². The summed E-state index contributed by atoms with van der Waals surface area (Å²) >= 11 is 0. The predicted molar refractivity (Wildman–Crippen MR) is 258 cm³/mol. The molecule has 0 bridgehead atoms. The Bertz CT molecular complexity index is 4120. The number of fused-ring (bicyclic) bond motifs is 13. The molecular formula is C57H32N4O2. The van der Waals surface area contributed by atoms with E-state index in [1.165, 1.54) is 32.3 Å². The van der Waals surface area contributed by atoms with Crippen molar-refractivity contribution in [1.29, 1.82) is 0 Å². The maximum Gasteiger partial charge on any atom is 0.167 e. The van der Waals surface area contributed by atoms with Crippen LogP contribution in [0.1, 0.15) is 0 Å². The molecule has 0 aliphatic heterocycles. The molecule has 4 heterocycles. The summed E-state index contributed by atoms with van der Waals surface area (Å²) in [7, 11) is 0. The van der Waals surface area contributed by atoms with Crippen LogP contribution in [-0.2, 0) is 0 Å². The van der Waals surface area contributed by atoms with Crippen molar-refractivity contribution in [3.05, 3.63) is 194 Å². The Hall–Kier alpha value is -8.61. The smallest absolute Gasteiger partial charge is 0.167 e. The summed E-state index contributed by atoms with van der Waals surface area (Å²) < 4.78 is 15.8. The second-order valence-electron chi connectivity index (χ2n) is 16.4. The Morgan fingerprint density at radius 2 is 0.873 bits per heavy atom. The summed E-state index contributed by atoms with van der Waals surface area (Å²) in [6.07, 6.45) is 0. The lowest BCUT2D eigenvalue weighted by Crippen LogP contribution is -2.00. The summed E-state index contributed by atoms with van der Waals surface area (Å²) in [6, 6.07) is 68.2. The van der Waals surface area contributed by atoms with E-state index in [1.54, 1.807) is 0 Å². The number of benzene rings is 10. The molecular weight excluding hydrogens is 773 g/mol. The highest BCUT2D eigenvalue weighted by molar-refractivity contribution is 6.22. The number of aromatic nitrogens is 4. The molecule has 0 aliphatic rings. The van der Waals surface area contributed by atoms with Crippen LogP contribution in [0.25, 0.3) is 138 Å². The molecule has 0 saturated carbocycles. The summed E-state index contributed by atoms with van der Waals surface area (Å²) in [6.45, 7) is 0. The van der Waals surface area contributed by atoms with Crippen molar-refractivity contribution in [2.75, 3.05) is 0 Å². The first-order valence-electron chi connectivity index (χ1n) is 21.2. The van der Waals surface area contributed by atoms with Crippen molar-refractivity contribution in [3.8, 4) is 39.9 Å². The third-order valence-corrected chi connectivity index (χ3v) is 12.8. The molecule has 0 fully saturated rings. The summed E-state index contributed by atoms with van der Waals surface area (Å²) in [4.78, 5) is 15.4. The lowest BCUT2D eigenvalue weighted by molar-refractivity contribution is 0.669. The monoisotopic (exact) mass is 804 g/mol. The molecule has 63 heavy (non-hydrogen) atoms. The number of nitrogens with zero attached hydrogens (tertiary/aromatic N) is 4. The maximum absolute atomic E-state index is 7.07. The first-order chi connectivity index (χ1) is 31.2. The Kier molecular flexibility index (Phi) is 7.02. The molecule has 4 aromatic heterocycles. The zero-order valence-corrected chi connectivity index (χ0v) is 33.6. The molecule has 14 aromatic rings. The standard InChI is InChI=1S/C57H32N4O2/c1-2-13-33(14-3-1)55-58-56(38-25-26-41-40-20-10-11-24-51(40)62-52(41)31-38)60-57(59-55)44-23-12-22-43-47-32-50(39-19-8-9-21-42(39)54(47)63-53(43)44)61-48-29-36-17-6-4-15-34(36)27-45(48)46-28-35-16-5-7-18-37(35)30-49(46)61/h1-32H. The van der Waals surface area contributed by atoms with Gasteiger partial charge in [-0.15, -0.1) is 0 Å². The largest absolute Gasteiger partial charge is 0.456 e.